The van der Waals surface area contributed by atoms with Crippen LogP contribution in [0.3, 0.4) is 0 Å². The van der Waals surface area contributed by atoms with Gasteiger partial charge in [-0.3, -0.25) is 24.2 Å². The SMILES string of the molecule is NC(N)=NCCCC(NC(=O)C(N)Cc1c[nH]c2ccccc12)C(=O)NC(Cc1ccccc1)C(=O)NCC(=O)O. The number of aromatic nitrogens is 1. The summed E-state index contributed by atoms with van der Waals surface area (Å²) in [7, 11) is 0. The number of aromatic amines is 1. The van der Waals surface area contributed by atoms with E-state index < -0.39 is 48.4 Å². The van der Waals surface area contributed by atoms with Crippen LogP contribution in [0.25, 0.3) is 10.9 Å². The van der Waals surface area contributed by atoms with Gasteiger partial charge in [0.15, 0.2) is 5.96 Å². The quantitative estimate of drug-likeness (QED) is 0.0680. The molecule has 1 heterocycles. The fourth-order valence-electron chi connectivity index (χ4n) is 4.30. The number of fused-ring (bicyclic) bond motifs is 1. The number of carboxylic acids is 1. The molecule has 0 spiro atoms. The molecule has 0 saturated heterocycles. The molecule has 41 heavy (non-hydrogen) atoms. The van der Waals surface area contributed by atoms with Crippen molar-refractivity contribution in [1.29, 1.82) is 0 Å². The highest BCUT2D eigenvalue weighted by molar-refractivity contribution is 5.94. The fourth-order valence-corrected chi connectivity index (χ4v) is 4.30. The average Bonchev–Trinajstić information content (AvgIpc) is 3.35. The van der Waals surface area contributed by atoms with Crippen molar-refractivity contribution in [2.45, 2.75) is 43.8 Å². The molecule has 3 atom stereocenters. The van der Waals surface area contributed by atoms with E-state index in [-0.39, 0.29) is 31.8 Å². The minimum Gasteiger partial charge on any atom is -0.480 e. The van der Waals surface area contributed by atoms with E-state index in [0.717, 1.165) is 22.0 Å². The Bertz CT molecular complexity index is 1370. The van der Waals surface area contributed by atoms with Gasteiger partial charge in [0.25, 0.3) is 0 Å². The van der Waals surface area contributed by atoms with E-state index in [2.05, 4.69) is 25.9 Å². The second-order valence-corrected chi connectivity index (χ2v) is 9.54. The summed E-state index contributed by atoms with van der Waals surface area (Å²) in [5, 5.41) is 17.6. The number of hydrogen-bond donors (Lipinski definition) is 8. The number of nitrogens with one attached hydrogen (secondary N) is 4. The molecule has 0 bridgehead atoms. The van der Waals surface area contributed by atoms with Gasteiger partial charge in [-0.15, -0.1) is 0 Å². The molecule has 0 radical (unpaired) electrons. The highest BCUT2D eigenvalue weighted by Gasteiger charge is 2.28. The monoisotopic (exact) mass is 564 g/mol. The Labute approximate surface area is 236 Å². The van der Waals surface area contributed by atoms with Gasteiger partial charge in [-0.05, 0) is 36.5 Å². The van der Waals surface area contributed by atoms with E-state index in [1.807, 2.05) is 30.3 Å². The first kappa shape index (κ1) is 30.6. The number of benzene rings is 2. The highest BCUT2D eigenvalue weighted by atomic mass is 16.4. The molecule has 3 amide bonds. The Morgan fingerprint density at radius 1 is 0.878 bits per heavy atom. The summed E-state index contributed by atoms with van der Waals surface area (Å²) in [5.74, 6) is -3.18. The van der Waals surface area contributed by atoms with Gasteiger partial charge >= 0.3 is 5.97 Å². The van der Waals surface area contributed by atoms with Crippen molar-refractivity contribution in [3.8, 4) is 0 Å². The van der Waals surface area contributed by atoms with Crippen LogP contribution in [0.15, 0.2) is 65.8 Å². The summed E-state index contributed by atoms with van der Waals surface area (Å²) in [6, 6.07) is 13.4. The van der Waals surface area contributed by atoms with Gasteiger partial charge in [-0.25, -0.2) is 0 Å². The van der Waals surface area contributed by atoms with Crippen molar-refractivity contribution in [3.05, 3.63) is 71.9 Å². The lowest BCUT2D eigenvalue weighted by molar-refractivity contribution is -0.138. The zero-order valence-electron chi connectivity index (χ0n) is 22.5. The Morgan fingerprint density at radius 2 is 1.56 bits per heavy atom. The number of carbonyl (C=O) groups is 4. The van der Waals surface area contributed by atoms with E-state index in [1.54, 1.807) is 30.5 Å². The summed E-state index contributed by atoms with van der Waals surface area (Å²) in [6.45, 7) is -0.392. The second kappa shape index (κ2) is 15.0. The number of para-hydroxylation sites is 1. The van der Waals surface area contributed by atoms with Gasteiger partial charge in [0.2, 0.25) is 17.7 Å². The van der Waals surface area contributed by atoms with Crippen molar-refractivity contribution in [2.24, 2.45) is 22.2 Å². The molecule has 1 aromatic heterocycles. The summed E-state index contributed by atoms with van der Waals surface area (Å²) in [6.07, 6.45) is 2.63. The first-order valence-electron chi connectivity index (χ1n) is 13.1. The number of nitrogens with zero attached hydrogens (tertiary/aromatic N) is 1. The number of hydrogen-bond acceptors (Lipinski definition) is 6. The molecule has 13 heteroatoms. The van der Waals surface area contributed by atoms with Gasteiger partial charge < -0.3 is 43.2 Å². The minimum absolute atomic E-state index is 0.103. The molecule has 3 rings (SSSR count). The lowest BCUT2D eigenvalue weighted by atomic mass is 10.0. The molecule has 0 aliphatic heterocycles. The van der Waals surface area contributed by atoms with Gasteiger partial charge in [-0.1, -0.05) is 48.5 Å². The number of amides is 3. The van der Waals surface area contributed by atoms with E-state index in [4.69, 9.17) is 22.3 Å². The number of carboxylic acid groups (broad SMARTS) is 1. The van der Waals surface area contributed by atoms with Crippen LogP contribution >= 0.6 is 0 Å². The summed E-state index contributed by atoms with van der Waals surface area (Å²) in [5.41, 5.74) is 19.5. The third-order valence-corrected chi connectivity index (χ3v) is 6.36. The van der Waals surface area contributed by atoms with Crippen LogP contribution in [0, 0.1) is 0 Å². The maximum Gasteiger partial charge on any atom is 0.322 e. The number of guanidine groups is 1. The molecule has 218 valence electrons. The number of H-pyrrole nitrogens is 1. The second-order valence-electron chi connectivity index (χ2n) is 9.54. The predicted molar refractivity (Wildman–Crippen MR) is 155 cm³/mol. The zero-order chi connectivity index (χ0) is 29.8. The topological polar surface area (TPSA) is 231 Å². The Hall–Kier alpha value is -4.91. The van der Waals surface area contributed by atoms with E-state index in [0.29, 0.717) is 6.42 Å². The molecule has 0 aliphatic carbocycles. The van der Waals surface area contributed by atoms with Gasteiger partial charge in [-0.2, -0.15) is 0 Å². The maximum absolute atomic E-state index is 13.4. The Kier molecular flexibility index (Phi) is 11.2. The maximum atomic E-state index is 13.4. The highest BCUT2D eigenvalue weighted by Crippen LogP contribution is 2.19. The number of aliphatic imine (C=N–C) groups is 1. The summed E-state index contributed by atoms with van der Waals surface area (Å²) in [4.78, 5) is 57.4. The van der Waals surface area contributed by atoms with E-state index >= 15 is 0 Å². The average molecular weight is 565 g/mol. The van der Waals surface area contributed by atoms with Gasteiger partial charge in [0, 0.05) is 30.1 Å². The molecule has 11 N–H and O–H groups in total. The van der Waals surface area contributed by atoms with Crippen molar-refractivity contribution < 1.29 is 24.3 Å². The number of rotatable bonds is 15. The fraction of sp³-hybridized carbons (Fsp3) is 0.321. The third kappa shape index (κ3) is 9.65. The van der Waals surface area contributed by atoms with E-state index in [1.165, 1.54) is 0 Å². The van der Waals surface area contributed by atoms with Crippen molar-refractivity contribution in [3.63, 3.8) is 0 Å². The molecular formula is C28H36N8O5. The molecule has 0 aliphatic rings. The smallest absolute Gasteiger partial charge is 0.322 e. The van der Waals surface area contributed by atoms with Crippen LogP contribution in [0.2, 0.25) is 0 Å². The van der Waals surface area contributed by atoms with Crippen molar-refractivity contribution >= 4 is 40.6 Å². The van der Waals surface area contributed by atoms with E-state index in [9.17, 15) is 19.2 Å². The Balaban J connectivity index is 1.73. The lowest BCUT2D eigenvalue weighted by Crippen LogP contribution is -2.56. The van der Waals surface area contributed by atoms with Crippen LogP contribution in [0.4, 0.5) is 0 Å². The minimum atomic E-state index is -1.22. The van der Waals surface area contributed by atoms with Gasteiger partial charge in [0.1, 0.15) is 18.6 Å². The van der Waals surface area contributed by atoms with Crippen LogP contribution in [0.5, 0.6) is 0 Å². The molecule has 13 nitrogen and oxygen atoms in total. The molecule has 3 aromatic rings. The van der Waals surface area contributed by atoms with Crippen molar-refractivity contribution in [1.82, 2.24) is 20.9 Å². The number of carbonyl (C=O) groups excluding carboxylic acids is 3. The first-order valence-corrected chi connectivity index (χ1v) is 13.1. The zero-order valence-corrected chi connectivity index (χ0v) is 22.5. The molecular weight excluding hydrogens is 528 g/mol. The summed E-state index contributed by atoms with van der Waals surface area (Å²) < 4.78 is 0. The number of nitrogens with two attached hydrogens (primary N) is 3. The molecule has 2 aromatic carbocycles. The normalized spacial score (nSPS) is 13.0. The number of aliphatic carboxylic acids is 1. The van der Waals surface area contributed by atoms with Crippen LogP contribution in [0.1, 0.15) is 24.0 Å². The predicted octanol–water partition coefficient (Wildman–Crippen LogP) is -0.496. The van der Waals surface area contributed by atoms with Crippen LogP contribution in [-0.2, 0) is 32.0 Å². The summed E-state index contributed by atoms with van der Waals surface area (Å²) >= 11 is 0. The molecule has 0 saturated carbocycles. The lowest BCUT2D eigenvalue weighted by Gasteiger charge is -2.24. The molecule has 0 fully saturated rings. The van der Waals surface area contributed by atoms with Gasteiger partial charge in [0.05, 0.1) is 6.04 Å². The Morgan fingerprint density at radius 3 is 2.27 bits per heavy atom. The first-order chi connectivity index (χ1) is 19.6. The standard InChI is InChI=1S/C28H36N8O5/c29-20(14-18-15-33-21-10-5-4-9-19(18)21)25(39)35-22(11-6-12-32-28(30)31)27(41)36-23(26(40)34-16-24(37)38)13-17-7-2-1-3-8-17/h1-5,7-10,15,20,22-23,33H,6,11-14,16,29H2,(H,34,40)(H,35,39)(H,36,41)(H,37,38)(H4,30,31,32). The van der Waals surface area contributed by atoms with Crippen LogP contribution < -0.4 is 33.2 Å². The third-order valence-electron chi connectivity index (χ3n) is 6.36. The van der Waals surface area contributed by atoms with Crippen LogP contribution in [-0.4, -0.2) is 71.0 Å². The molecule has 3 unspecified atom stereocenters. The largest absolute Gasteiger partial charge is 0.480 e. The van der Waals surface area contributed by atoms with Crippen molar-refractivity contribution in [2.75, 3.05) is 13.1 Å².